The van der Waals surface area contributed by atoms with Gasteiger partial charge in [-0.05, 0) is 66.7 Å². The molecule has 140 valence electrons. The number of carbonyl (C=O) groups excluding carboxylic acids is 1. The summed E-state index contributed by atoms with van der Waals surface area (Å²) in [7, 11) is 0. The minimum absolute atomic E-state index is 0.0454. The van der Waals surface area contributed by atoms with Gasteiger partial charge in [0.1, 0.15) is 0 Å². The maximum Gasteiger partial charge on any atom is 0.228 e. The van der Waals surface area contributed by atoms with Crippen molar-refractivity contribution < 1.29 is 4.79 Å². The minimum Gasteiger partial charge on any atom is -0.368 e. The third-order valence-corrected chi connectivity index (χ3v) is 5.90. The third kappa shape index (κ3) is 3.94. The van der Waals surface area contributed by atoms with Crippen LogP contribution in [0.15, 0.2) is 40.9 Å². The van der Waals surface area contributed by atoms with E-state index in [1.165, 1.54) is 11.3 Å². The van der Waals surface area contributed by atoms with Gasteiger partial charge in [-0.25, -0.2) is 0 Å². The standard InChI is InChI=1S/C20H21BrN4OS/c1-13-10-15(21)2-5-18(13)24-6-8-25(9-7-24)20(27)22-16-3-4-17-14(11-16)12-19(26)23-17/h2-5,10-11H,6-9,12H2,1H3,(H,22,27)(H,23,26). The van der Waals surface area contributed by atoms with Crippen LogP contribution in [-0.4, -0.2) is 42.1 Å². The highest BCUT2D eigenvalue weighted by molar-refractivity contribution is 9.10. The van der Waals surface area contributed by atoms with Crippen LogP contribution in [-0.2, 0) is 11.2 Å². The van der Waals surface area contributed by atoms with Gasteiger partial charge in [0.15, 0.2) is 5.11 Å². The van der Waals surface area contributed by atoms with Crippen LogP contribution in [0.4, 0.5) is 17.1 Å². The highest BCUT2D eigenvalue weighted by atomic mass is 79.9. The number of piperazine rings is 1. The maximum absolute atomic E-state index is 11.5. The first-order valence-electron chi connectivity index (χ1n) is 8.99. The average molecular weight is 445 g/mol. The monoisotopic (exact) mass is 444 g/mol. The Hall–Kier alpha value is -2.12. The number of nitrogens with one attached hydrogen (secondary N) is 2. The van der Waals surface area contributed by atoms with Gasteiger partial charge in [-0.15, -0.1) is 0 Å². The van der Waals surface area contributed by atoms with Crippen LogP contribution in [0.1, 0.15) is 11.1 Å². The second kappa shape index (κ2) is 7.48. The van der Waals surface area contributed by atoms with Crippen LogP contribution in [0.25, 0.3) is 0 Å². The Balaban J connectivity index is 1.36. The van der Waals surface area contributed by atoms with Crippen molar-refractivity contribution in [1.82, 2.24) is 4.90 Å². The number of benzene rings is 2. The Bertz CT molecular complexity index is 909. The molecule has 2 aromatic carbocycles. The highest BCUT2D eigenvalue weighted by Crippen LogP contribution is 2.27. The summed E-state index contributed by atoms with van der Waals surface area (Å²) in [5.41, 5.74) is 5.41. The fourth-order valence-corrected chi connectivity index (χ4v) is 4.41. The summed E-state index contributed by atoms with van der Waals surface area (Å²) < 4.78 is 1.11. The number of nitrogens with zero attached hydrogens (tertiary/aromatic N) is 2. The second-order valence-corrected chi connectivity index (χ2v) is 8.23. The molecule has 0 radical (unpaired) electrons. The summed E-state index contributed by atoms with van der Waals surface area (Å²) in [4.78, 5) is 16.1. The van der Waals surface area contributed by atoms with Gasteiger partial charge >= 0.3 is 0 Å². The molecule has 0 aromatic heterocycles. The zero-order valence-electron chi connectivity index (χ0n) is 15.1. The summed E-state index contributed by atoms with van der Waals surface area (Å²) in [6, 6.07) is 12.3. The summed E-state index contributed by atoms with van der Waals surface area (Å²) in [5.74, 6) is 0.0454. The highest BCUT2D eigenvalue weighted by Gasteiger charge is 2.21. The molecule has 2 aliphatic rings. The molecule has 1 fully saturated rings. The van der Waals surface area contributed by atoms with Crippen molar-refractivity contribution in [3.8, 4) is 0 Å². The van der Waals surface area contributed by atoms with E-state index in [-0.39, 0.29) is 5.91 Å². The molecule has 1 amide bonds. The molecule has 0 bridgehead atoms. The molecule has 2 aromatic rings. The lowest BCUT2D eigenvalue weighted by Gasteiger charge is -2.38. The number of anilines is 3. The number of hydrogen-bond donors (Lipinski definition) is 2. The molecule has 0 unspecified atom stereocenters. The van der Waals surface area contributed by atoms with E-state index >= 15 is 0 Å². The van der Waals surface area contributed by atoms with E-state index in [4.69, 9.17) is 12.2 Å². The minimum atomic E-state index is 0.0454. The Morgan fingerprint density at radius 1 is 1.15 bits per heavy atom. The number of amides is 1. The van der Waals surface area contributed by atoms with E-state index in [1.807, 2.05) is 18.2 Å². The fourth-order valence-electron chi connectivity index (χ4n) is 3.63. The number of halogens is 1. The Labute approximate surface area is 172 Å². The van der Waals surface area contributed by atoms with Gasteiger partial charge in [0.2, 0.25) is 5.91 Å². The maximum atomic E-state index is 11.5. The SMILES string of the molecule is Cc1cc(Br)ccc1N1CCN(C(=S)Nc2ccc3c(c2)CC(=O)N3)CC1. The van der Waals surface area contributed by atoms with E-state index in [0.717, 1.165) is 52.7 Å². The van der Waals surface area contributed by atoms with Crippen LogP contribution >= 0.6 is 28.1 Å². The molecule has 2 aliphatic heterocycles. The lowest BCUT2D eigenvalue weighted by Crippen LogP contribution is -2.50. The van der Waals surface area contributed by atoms with Gasteiger partial charge in [0.25, 0.3) is 0 Å². The molecular formula is C20H21BrN4OS. The third-order valence-electron chi connectivity index (χ3n) is 5.05. The van der Waals surface area contributed by atoms with Crippen LogP contribution in [0, 0.1) is 6.92 Å². The quantitative estimate of drug-likeness (QED) is 0.690. The predicted octanol–water partition coefficient (Wildman–Crippen LogP) is 3.77. The molecular weight excluding hydrogens is 424 g/mol. The van der Waals surface area contributed by atoms with Gasteiger partial charge in [-0.1, -0.05) is 15.9 Å². The molecule has 5 nitrogen and oxygen atoms in total. The topological polar surface area (TPSA) is 47.6 Å². The molecule has 0 spiro atoms. The van der Waals surface area contributed by atoms with Crippen LogP contribution in [0.2, 0.25) is 0 Å². The van der Waals surface area contributed by atoms with E-state index in [1.54, 1.807) is 0 Å². The number of aryl methyl sites for hydroxylation is 1. The number of fused-ring (bicyclic) bond motifs is 1. The second-order valence-electron chi connectivity index (χ2n) is 6.93. The van der Waals surface area contributed by atoms with Crippen molar-refractivity contribution in [2.75, 3.05) is 41.7 Å². The van der Waals surface area contributed by atoms with Crippen molar-refractivity contribution in [1.29, 1.82) is 0 Å². The molecule has 0 atom stereocenters. The molecule has 0 saturated carbocycles. The summed E-state index contributed by atoms with van der Waals surface area (Å²) >= 11 is 9.14. The summed E-state index contributed by atoms with van der Waals surface area (Å²) in [6.07, 6.45) is 0.433. The lowest BCUT2D eigenvalue weighted by molar-refractivity contribution is -0.115. The zero-order chi connectivity index (χ0) is 19.0. The first-order valence-corrected chi connectivity index (χ1v) is 10.2. The average Bonchev–Trinajstić information content (AvgIpc) is 3.01. The predicted molar refractivity (Wildman–Crippen MR) is 118 cm³/mol. The van der Waals surface area contributed by atoms with E-state index in [2.05, 4.69) is 61.5 Å². The molecule has 0 aliphatic carbocycles. The Morgan fingerprint density at radius 3 is 2.67 bits per heavy atom. The number of rotatable bonds is 2. The van der Waals surface area contributed by atoms with E-state index in [9.17, 15) is 4.79 Å². The smallest absolute Gasteiger partial charge is 0.228 e. The molecule has 2 heterocycles. The Kier molecular flexibility index (Phi) is 5.06. The van der Waals surface area contributed by atoms with Crippen molar-refractivity contribution in [3.05, 3.63) is 52.0 Å². The lowest BCUT2D eigenvalue weighted by atomic mass is 10.1. The zero-order valence-corrected chi connectivity index (χ0v) is 17.5. The molecule has 4 rings (SSSR count). The van der Waals surface area contributed by atoms with Gasteiger partial charge < -0.3 is 20.4 Å². The van der Waals surface area contributed by atoms with Crippen molar-refractivity contribution >= 4 is 56.2 Å². The van der Waals surface area contributed by atoms with Gasteiger partial charge in [0, 0.05) is 47.7 Å². The van der Waals surface area contributed by atoms with Gasteiger partial charge in [-0.3, -0.25) is 4.79 Å². The number of carbonyl (C=O) groups is 1. The summed E-state index contributed by atoms with van der Waals surface area (Å²) in [6.45, 7) is 5.78. The Morgan fingerprint density at radius 2 is 1.93 bits per heavy atom. The number of hydrogen-bond acceptors (Lipinski definition) is 3. The molecule has 7 heteroatoms. The summed E-state index contributed by atoms with van der Waals surface area (Å²) in [5, 5.41) is 6.91. The van der Waals surface area contributed by atoms with Gasteiger partial charge in [0.05, 0.1) is 6.42 Å². The molecule has 2 N–H and O–H groups in total. The normalized spacial score (nSPS) is 16.1. The largest absolute Gasteiger partial charge is 0.368 e. The van der Waals surface area contributed by atoms with Crippen molar-refractivity contribution in [2.24, 2.45) is 0 Å². The number of thiocarbonyl (C=S) groups is 1. The van der Waals surface area contributed by atoms with E-state index < -0.39 is 0 Å². The first kappa shape index (κ1) is 18.3. The van der Waals surface area contributed by atoms with Gasteiger partial charge in [-0.2, -0.15) is 0 Å². The van der Waals surface area contributed by atoms with Crippen molar-refractivity contribution in [2.45, 2.75) is 13.3 Å². The van der Waals surface area contributed by atoms with Crippen LogP contribution in [0.3, 0.4) is 0 Å². The van der Waals surface area contributed by atoms with Crippen LogP contribution < -0.4 is 15.5 Å². The molecule has 27 heavy (non-hydrogen) atoms. The first-order chi connectivity index (χ1) is 13.0. The molecule has 1 saturated heterocycles. The fraction of sp³-hybridized carbons (Fsp3) is 0.300. The van der Waals surface area contributed by atoms with Crippen molar-refractivity contribution in [3.63, 3.8) is 0 Å². The van der Waals surface area contributed by atoms with Crippen LogP contribution in [0.5, 0.6) is 0 Å². The van der Waals surface area contributed by atoms with E-state index in [0.29, 0.717) is 6.42 Å².